The van der Waals surface area contributed by atoms with E-state index in [9.17, 15) is 4.79 Å². The molecule has 4 nitrogen and oxygen atoms in total. The van der Waals surface area contributed by atoms with Crippen LogP contribution in [0, 0.1) is 11.8 Å². The Balaban J connectivity index is 1.51. The Bertz CT molecular complexity index is 469. The SMILES string of the molecule is NC1CC(CNC(=O)C2COc3ccccc3C2)C1. The number of carbonyl (C=O) groups is 1. The van der Waals surface area contributed by atoms with Crippen molar-refractivity contribution in [2.45, 2.75) is 25.3 Å². The van der Waals surface area contributed by atoms with Gasteiger partial charge in [0.05, 0.1) is 5.92 Å². The minimum absolute atomic E-state index is 0.0661. The summed E-state index contributed by atoms with van der Waals surface area (Å²) in [4.78, 5) is 12.1. The summed E-state index contributed by atoms with van der Waals surface area (Å²) in [6.45, 7) is 1.23. The van der Waals surface area contributed by atoms with E-state index in [2.05, 4.69) is 5.32 Å². The van der Waals surface area contributed by atoms with Gasteiger partial charge in [-0.1, -0.05) is 18.2 Å². The van der Waals surface area contributed by atoms with Crippen molar-refractivity contribution in [3.63, 3.8) is 0 Å². The quantitative estimate of drug-likeness (QED) is 0.855. The zero-order chi connectivity index (χ0) is 13.2. The van der Waals surface area contributed by atoms with Crippen LogP contribution in [-0.4, -0.2) is 25.1 Å². The highest BCUT2D eigenvalue weighted by atomic mass is 16.5. The van der Waals surface area contributed by atoms with Crippen LogP contribution in [0.2, 0.25) is 0 Å². The van der Waals surface area contributed by atoms with Crippen LogP contribution in [0.1, 0.15) is 18.4 Å². The number of nitrogens with two attached hydrogens (primary N) is 1. The van der Waals surface area contributed by atoms with Crippen LogP contribution in [0.4, 0.5) is 0 Å². The Labute approximate surface area is 113 Å². The Kier molecular flexibility index (Phi) is 3.42. The summed E-state index contributed by atoms with van der Waals surface area (Å²) in [6.07, 6.45) is 2.83. The molecule has 1 heterocycles. The summed E-state index contributed by atoms with van der Waals surface area (Å²) >= 11 is 0. The zero-order valence-corrected chi connectivity index (χ0v) is 11.0. The van der Waals surface area contributed by atoms with E-state index < -0.39 is 0 Å². The first-order chi connectivity index (χ1) is 9.22. The summed E-state index contributed by atoms with van der Waals surface area (Å²) in [6, 6.07) is 8.27. The smallest absolute Gasteiger partial charge is 0.226 e. The number of para-hydroxylation sites is 1. The van der Waals surface area contributed by atoms with Crippen molar-refractivity contribution in [1.82, 2.24) is 5.32 Å². The summed E-state index contributed by atoms with van der Waals surface area (Å²) < 4.78 is 5.64. The number of fused-ring (bicyclic) bond motifs is 1. The molecule has 1 atom stereocenters. The summed E-state index contributed by atoms with van der Waals surface area (Å²) in [7, 11) is 0. The van der Waals surface area contributed by atoms with Crippen molar-refractivity contribution in [3.8, 4) is 5.75 Å². The Morgan fingerprint density at radius 3 is 2.95 bits per heavy atom. The molecule has 1 aromatic carbocycles. The molecule has 3 rings (SSSR count). The molecule has 0 saturated heterocycles. The maximum Gasteiger partial charge on any atom is 0.226 e. The van der Waals surface area contributed by atoms with Gasteiger partial charge < -0.3 is 15.8 Å². The number of nitrogens with one attached hydrogen (secondary N) is 1. The molecule has 0 radical (unpaired) electrons. The van der Waals surface area contributed by atoms with Gasteiger partial charge in [0.1, 0.15) is 12.4 Å². The Morgan fingerprint density at radius 1 is 1.37 bits per heavy atom. The van der Waals surface area contributed by atoms with Crippen LogP contribution in [0.15, 0.2) is 24.3 Å². The van der Waals surface area contributed by atoms with Crippen molar-refractivity contribution >= 4 is 5.91 Å². The van der Waals surface area contributed by atoms with E-state index in [4.69, 9.17) is 10.5 Å². The fourth-order valence-electron chi connectivity index (χ4n) is 2.84. The molecular weight excluding hydrogens is 240 g/mol. The molecule has 102 valence electrons. The second-order valence-corrected chi connectivity index (χ2v) is 5.66. The van der Waals surface area contributed by atoms with Crippen molar-refractivity contribution in [2.24, 2.45) is 17.6 Å². The van der Waals surface area contributed by atoms with E-state index in [0.29, 0.717) is 18.6 Å². The van der Waals surface area contributed by atoms with Crippen LogP contribution >= 0.6 is 0 Å². The van der Waals surface area contributed by atoms with E-state index in [1.165, 1.54) is 0 Å². The minimum atomic E-state index is -0.0661. The second-order valence-electron chi connectivity index (χ2n) is 5.66. The minimum Gasteiger partial charge on any atom is -0.492 e. The number of hydrogen-bond acceptors (Lipinski definition) is 3. The van der Waals surface area contributed by atoms with E-state index in [1.54, 1.807) is 0 Å². The number of carbonyl (C=O) groups excluding carboxylic acids is 1. The fourth-order valence-corrected chi connectivity index (χ4v) is 2.84. The van der Waals surface area contributed by atoms with Crippen molar-refractivity contribution in [1.29, 1.82) is 0 Å². The third-order valence-electron chi connectivity index (χ3n) is 4.09. The second kappa shape index (κ2) is 5.21. The van der Waals surface area contributed by atoms with Gasteiger partial charge in [0.25, 0.3) is 0 Å². The summed E-state index contributed by atoms with van der Waals surface area (Å²) in [5, 5.41) is 3.03. The largest absolute Gasteiger partial charge is 0.492 e. The first-order valence-electron chi connectivity index (χ1n) is 6.96. The lowest BCUT2D eigenvalue weighted by Gasteiger charge is -2.33. The van der Waals surface area contributed by atoms with Gasteiger partial charge >= 0.3 is 0 Å². The number of benzene rings is 1. The van der Waals surface area contributed by atoms with Gasteiger partial charge in [-0.25, -0.2) is 0 Å². The highest BCUT2D eigenvalue weighted by Gasteiger charge is 2.29. The predicted octanol–water partition coefficient (Wildman–Crippen LogP) is 1.09. The normalized spacial score (nSPS) is 28.8. The highest BCUT2D eigenvalue weighted by Crippen LogP contribution is 2.27. The van der Waals surface area contributed by atoms with Crippen molar-refractivity contribution in [3.05, 3.63) is 29.8 Å². The molecule has 1 aliphatic carbocycles. The molecule has 1 unspecified atom stereocenters. The fraction of sp³-hybridized carbons (Fsp3) is 0.533. The van der Waals surface area contributed by atoms with Crippen molar-refractivity contribution in [2.75, 3.05) is 13.2 Å². The van der Waals surface area contributed by atoms with Crippen LogP contribution < -0.4 is 15.8 Å². The Morgan fingerprint density at radius 2 is 2.16 bits per heavy atom. The van der Waals surface area contributed by atoms with E-state index in [1.807, 2.05) is 24.3 Å². The molecule has 1 aliphatic heterocycles. The summed E-state index contributed by atoms with van der Waals surface area (Å²) in [5.41, 5.74) is 6.86. The summed E-state index contributed by atoms with van der Waals surface area (Å²) in [5.74, 6) is 1.52. The molecule has 1 saturated carbocycles. The lowest BCUT2D eigenvalue weighted by molar-refractivity contribution is -0.126. The molecule has 1 fully saturated rings. The maximum atomic E-state index is 12.1. The Hall–Kier alpha value is -1.55. The van der Waals surface area contributed by atoms with Gasteiger partial charge in [-0.3, -0.25) is 4.79 Å². The lowest BCUT2D eigenvalue weighted by Crippen LogP contribution is -2.45. The van der Waals surface area contributed by atoms with E-state index in [0.717, 1.165) is 37.1 Å². The monoisotopic (exact) mass is 260 g/mol. The van der Waals surface area contributed by atoms with E-state index >= 15 is 0 Å². The van der Waals surface area contributed by atoms with Crippen molar-refractivity contribution < 1.29 is 9.53 Å². The maximum absolute atomic E-state index is 12.1. The average molecular weight is 260 g/mol. The third-order valence-corrected chi connectivity index (χ3v) is 4.09. The molecule has 0 spiro atoms. The van der Waals surface area contributed by atoms with Gasteiger partial charge in [0.2, 0.25) is 5.91 Å². The van der Waals surface area contributed by atoms with Gasteiger partial charge in [0, 0.05) is 12.6 Å². The predicted molar refractivity (Wildman–Crippen MR) is 72.8 cm³/mol. The van der Waals surface area contributed by atoms with E-state index in [-0.39, 0.29) is 11.8 Å². The van der Waals surface area contributed by atoms with Gasteiger partial charge in [0.15, 0.2) is 0 Å². The topological polar surface area (TPSA) is 64.3 Å². The van der Waals surface area contributed by atoms with Crippen LogP contribution in [0.5, 0.6) is 5.75 Å². The first kappa shape index (κ1) is 12.5. The molecular formula is C15H20N2O2. The molecule has 3 N–H and O–H groups in total. The number of rotatable bonds is 3. The van der Waals surface area contributed by atoms with Gasteiger partial charge in [-0.2, -0.15) is 0 Å². The molecule has 0 bridgehead atoms. The molecule has 2 aliphatic rings. The standard InChI is InChI=1S/C15H20N2O2/c16-13-5-10(6-13)8-17-15(18)12-7-11-3-1-2-4-14(11)19-9-12/h1-4,10,12-13H,5-9,16H2,(H,17,18). The molecule has 1 amide bonds. The number of amides is 1. The highest BCUT2D eigenvalue weighted by molar-refractivity contribution is 5.79. The zero-order valence-electron chi connectivity index (χ0n) is 11.0. The third kappa shape index (κ3) is 2.73. The van der Waals surface area contributed by atoms with Gasteiger partial charge in [-0.05, 0) is 36.8 Å². The van der Waals surface area contributed by atoms with Crippen LogP contribution in [-0.2, 0) is 11.2 Å². The lowest BCUT2D eigenvalue weighted by atomic mass is 9.81. The molecule has 19 heavy (non-hydrogen) atoms. The average Bonchev–Trinajstić information content (AvgIpc) is 2.41. The first-order valence-corrected chi connectivity index (χ1v) is 6.96. The molecule has 4 heteroatoms. The number of hydrogen-bond donors (Lipinski definition) is 2. The van der Waals surface area contributed by atoms with Crippen LogP contribution in [0.25, 0.3) is 0 Å². The molecule has 0 aromatic heterocycles. The number of ether oxygens (including phenoxy) is 1. The molecule has 1 aromatic rings. The van der Waals surface area contributed by atoms with Crippen LogP contribution in [0.3, 0.4) is 0 Å². The van der Waals surface area contributed by atoms with Gasteiger partial charge in [-0.15, -0.1) is 0 Å².